The molecule has 0 aromatic heterocycles. The molecule has 3 rings (SSSR count). The standard InChI is InChI=1S/C26H28F2O2/c1-3-4-5-6-7-18(2)30-24-17-16-23(25(27)26(24)28)21-10-8-19(9-11-21)20-12-14-22(29)15-13-20/h8-18,29H,3-7H2,1-2H3/t18-/m1/s1. The number of phenolic OH excluding ortho intramolecular Hbond substituents is 1. The van der Waals surface area contributed by atoms with Gasteiger partial charge in [0.1, 0.15) is 5.75 Å². The number of rotatable bonds is 9. The Labute approximate surface area is 177 Å². The van der Waals surface area contributed by atoms with Crippen LogP contribution in [0.4, 0.5) is 8.78 Å². The van der Waals surface area contributed by atoms with Gasteiger partial charge in [0.15, 0.2) is 11.6 Å². The van der Waals surface area contributed by atoms with Crippen molar-refractivity contribution in [1.29, 1.82) is 0 Å². The first kappa shape index (κ1) is 21.8. The van der Waals surface area contributed by atoms with E-state index in [1.165, 1.54) is 12.5 Å². The van der Waals surface area contributed by atoms with Gasteiger partial charge in [-0.2, -0.15) is 4.39 Å². The SMILES string of the molecule is CCCCCC[C@@H](C)Oc1ccc(-c2ccc(-c3ccc(O)cc3)cc2)c(F)c1F. The van der Waals surface area contributed by atoms with Gasteiger partial charge in [-0.1, -0.05) is 62.6 Å². The zero-order valence-electron chi connectivity index (χ0n) is 17.5. The fraction of sp³-hybridized carbons (Fsp3) is 0.308. The van der Waals surface area contributed by atoms with Crippen molar-refractivity contribution in [2.24, 2.45) is 0 Å². The lowest BCUT2D eigenvalue weighted by molar-refractivity contribution is 0.195. The molecule has 0 amide bonds. The van der Waals surface area contributed by atoms with Crippen LogP contribution in [-0.4, -0.2) is 11.2 Å². The summed E-state index contributed by atoms with van der Waals surface area (Å²) in [4.78, 5) is 0. The molecule has 0 aliphatic carbocycles. The predicted molar refractivity (Wildman–Crippen MR) is 118 cm³/mol. The molecule has 0 saturated carbocycles. The fourth-order valence-electron chi connectivity index (χ4n) is 3.48. The van der Waals surface area contributed by atoms with E-state index < -0.39 is 11.6 Å². The lowest BCUT2D eigenvalue weighted by Gasteiger charge is -2.16. The molecule has 30 heavy (non-hydrogen) atoms. The van der Waals surface area contributed by atoms with E-state index >= 15 is 0 Å². The van der Waals surface area contributed by atoms with Crippen LogP contribution < -0.4 is 4.74 Å². The number of benzene rings is 3. The molecule has 0 unspecified atom stereocenters. The summed E-state index contributed by atoms with van der Waals surface area (Å²) in [5.74, 6) is -1.69. The van der Waals surface area contributed by atoms with E-state index in [2.05, 4.69) is 6.92 Å². The molecule has 0 saturated heterocycles. The van der Waals surface area contributed by atoms with Crippen molar-refractivity contribution in [3.8, 4) is 33.8 Å². The Bertz CT molecular complexity index is 950. The molecule has 158 valence electrons. The molecule has 0 aliphatic heterocycles. The zero-order chi connectivity index (χ0) is 21.5. The van der Waals surface area contributed by atoms with E-state index in [-0.39, 0.29) is 23.2 Å². The molecule has 0 spiro atoms. The smallest absolute Gasteiger partial charge is 0.201 e. The van der Waals surface area contributed by atoms with Crippen molar-refractivity contribution in [3.63, 3.8) is 0 Å². The van der Waals surface area contributed by atoms with Gasteiger partial charge in [-0.3, -0.25) is 0 Å². The minimum Gasteiger partial charge on any atom is -0.508 e. The first-order chi connectivity index (χ1) is 14.5. The molecule has 4 heteroatoms. The summed E-state index contributed by atoms with van der Waals surface area (Å²) < 4.78 is 35.0. The second-order valence-electron chi connectivity index (χ2n) is 7.64. The molecule has 1 atom stereocenters. The Kier molecular flexibility index (Phi) is 7.45. The summed E-state index contributed by atoms with van der Waals surface area (Å²) in [5.41, 5.74) is 2.65. The number of halogens is 2. The average molecular weight is 411 g/mol. The van der Waals surface area contributed by atoms with Crippen LogP contribution in [0.5, 0.6) is 11.5 Å². The van der Waals surface area contributed by atoms with Gasteiger partial charge in [-0.25, -0.2) is 4.39 Å². The minimum absolute atomic E-state index is 0.0417. The van der Waals surface area contributed by atoms with Crippen LogP contribution in [0.3, 0.4) is 0 Å². The Morgan fingerprint density at radius 2 is 1.37 bits per heavy atom. The van der Waals surface area contributed by atoms with Crippen molar-refractivity contribution in [2.75, 3.05) is 0 Å². The van der Waals surface area contributed by atoms with Crippen LogP contribution in [-0.2, 0) is 0 Å². The lowest BCUT2D eigenvalue weighted by atomic mass is 9.99. The molecular formula is C26H28F2O2. The highest BCUT2D eigenvalue weighted by atomic mass is 19.2. The molecule has 1 N–H and O–H groups in total. The Morgan fingerprint density at radius 1 is 0.767 bits per heavy atom. The van der Waals surface area contributed by atoms with Crippen molar-refractivity contribution in [2.45, 2.75) is 52.1 Å². The summed E-state index contributed by atoms with van der Waals surface area (Å²) in [7, 11) is 0. The van der Waals surface area contributed by atoms with Gasteiger partial charge in [0.25, 0.3) is 0 Å². The van der Waals surface area contributed by atoms with E-state index in [9.17, 15) is 13.9 Å². The minimum atomic E-state index is -0.949. The molecule has 3 aromatic carbocycles. The van der Waals surface area contributed by atoms with Crippen molar-refractivity contribution >= 4 is 0 Å². The molecule has 0 radical (unpaired) electrons. The second kappa shape index (κ2) is 10.2. The molecular weight excluding hydrogens is 382 g/mol. The van der Waals surface area contributed by atoms with Gasteiger partial charge in [-0.05, 0) is 60.7 Å². The lowest BCUT2D eigenvalue weighted by Crippen LogP contribution is -2.13. The molecule has 0 heterocycles. The number of hydrogen-bond acceptors (Lipinski definition) is 2. The second-order valence-corrected chi connectivity index (χ2v) is 7.64. The van der Waals surface area contributed by atoms with E-state index in [0.29, 0.717) is 5.56 Å². The van der Waals surface area contributed by atoms with E-state index in [4.69, 9.17) is 4.74 Å². The molecule has 2 nitrogen and oxygen atoms in total. The summed E-state index contributed by atoms with van der Waals surface area (Å²) in [6.07, 6.45) is 5.14. The van der Waals surface area contributed by atoms with Gasteiger partial charge in [0, 0.05) is 5.56 Å². The van der Waals surface area contributed by atoms with Gasteiger partial charge in [0.05, 0.1) is 6.10 Å². The van der Waals surface area contributed by atoms with Crippen molar-refractivity contribution in [1.82, 2.24) is 0 Å². The van der Waals surface area contributed by atoms with Crippen LogP contribution in [0.15, 0.2) is 60.7 Å². The van der Waals surface area contributed by atoms with Crippen molar-refractivity contribution in [3.05, 3.63) is 72.3 Å². The van der Waals surface area contributed by atoms with Gasteiger partial charge in [0.2, 0.25) is 5.82 Å². The van der Waals surface area contributed by atoms with Crippen LogP contribution in [0.1, 0.15) is 46.0 Å². The monoisotopic (exact) mass is 410 g/mol. The van der Waals surface area contributed by atoms with Gasteiger partial charge >= 0.3 is 0 Å². The number of unbranched alkanes of at least 4 members (excludes halogenated alkanes) is 3. The van der Waals surface area contributed by atoms with Gasteiger partial charge < -0.3 is 9.84 Å². The van der Waals surface area contributed by atoms with E-state index in [1.54, 1.807) is 42.5 Å². The molecule has 0 fully saturated rings. The maximum absolute atomic E-state index is 14.7. The zero-order valence-corrected chi connectivity index (χ0v) is 17.5. The maximum Gasteiger partial charge on any atom is 0.201 e. The van der Waals surface area contributed by atoms with Gasteiger partial charge in [-0.15, -0.1) is 0 Å². The summed E-state index contributed by atoms with van der Waals surface area (Å²) in [5, 5.41) is 9.41. The number of phenols is 1. The molecule has 3 aromatic rings. The highest BCUT2D eigenvalue weighted by Crippen LogP contribution is 2.32. The third kappa shape index (κ3) is 5.38. The molecule has 0 bridgehead atoms. The predicted octanol–water partition coefficient (Wildman–Crippen LogP) is 7.74. The third-order valence-corrected chi connectivity index (χ3v) is 5.24. The summed E-state index contributed by atoms with van der Waals surface area (Å²) in [6, 6.07) is 17.1. The normalized spacial score (nSPS) is 12.0. The summed E-state index contributed by atoms with van der Waals surface area (Å²) >= 11 is 0. The molecule has 0 aliphatic rings. The number of hydrogen-bond donors (Lipinski definition) is 1. The number of ether oxygens (including phenoxy) is 1. The maximum atomic E-state index is 14.7. The Hall–Kier alpha value is -2.88. The Balaban J connectivity index is 1.72. The fourth-order valence-corrected chi connectivity index (χ4v) is 3.48. The van der Waals surface area contributed by atoms with Crippen LogP contribution in [0, 0.1) is 11.6 Å². The van der Waals surface area contributed by atoms with E-state index in [1.807, 2.05) is 19.1 Å². The van der Waals surface area contributed by atoms with Crippen LogP contribution in [0.2, 0.25) is 0 Å². The highest BCUT2D eigenvalue weighted by molar-refractivity contribution is 5.71. The largest absolute Gasteiger partial charge is 0.508 e. The highest BCUT2D eigenvalue weighted by Gasteiger charge is 2.17. The van der Waals surface area contributed by atoms with Crippen LogP contribution in [0.25, 0.3) is 22.3 Å². The van der Waals surface area contributed by atoms with E-state index in [0.717, 1.165) is 36.8 Å². The topological polar surface area (TPSA) is 29.5 Å². The third-order valence-electron chi connectivity index (χ3n) is 5.24. The number of aromatic hydroxyl groups is 1. The first-order valence-electron chi connectivity index (χ1n) is 10.5. The quantitative estimate of drug-likeness (QED) is 0.366. The van der Waals surface area contributed by atoms with Crippen molar-refractivity contribution < 1.29 is 18.6 Å². The summed E-state index contributed by atoms with van der Waals surface area (Å²) in [6.45, 7) is 4.04. The average Bonchev–Trinajstić information content (AvgIpc) is 2.75. The van der Waals surface area contributed by atoms with Crippen LogP contribution >= 0.6 is 0 Å². The Morgan fingerprint density at radius 3 is 2.00 bits per heavy atom. The first-order valence-corrected chi connectivity index (χ1v) is 10.5.